The number of benzene rings is 1. The predicted octanol–water partition coefficient (Wildman–Crippen LogP) is 2.52. The van der Waals surface area contributed by atoms with Gasteiger partial charge in [0, 0.05) is 35.7 Å². The van der Waals surface area contributed by atoms with Crippen LogP contribution in [0.2, 0.25) is 5.02 Å². The third-order valence-electron chi connectivity index (χ3n) is 3.06. The maximum Gasteiger partial charge on any atom is 0.0826 e. The molecule has 100 valence electrons. The van der Waals surface area contributed by atoms with Gasteiger partial charge < -0.3 is 10.1 Å². The summed E-state index contributed by atoms with van der Waals surface area (Å²) in [5.74, 6) is 0. The molecule has 18 heavy (non-hydrogen) atoms. The molecule has 2 rings (SSSR count). The van der Waals surface area contributed by atoms with E-state index in [9.17, 15) is 0 Å². The normalized spacial score (nSPS) is 21.2. The van der Waals surface area contributed by atoms with E-state index >= 15 is 0 Å². The molecule has 0 saturated carbocycles. The van der Waals surface area contributed by atoms with Crippen LogP contribution < -0.4 is 5.32 Å². The number of nitrogens with one attached hydrogen (secondary N) is 1. The average molecular weight is 334 g/mol. The van der Waals surface area contributed by atoms with Gasteiger partial charge in [-0.15, -0.1) is 0 Å². The van der Waals surface area contributed by atoms with E-state index in [1.165, 1.54) is 5.56 Å². The van der Waals surface area contributed by atoms with Crippen LogP contribution in [-0.4, -0.2) is 44.3 Å². The molecule has 3 nitrogen and oxygen atoms in total. The highest BCUT2D eigenvalue weighted by molar-refractivity contribution is 9.10. The zero-order valence-electron chi connectivity index (χ0n) is 10.5. The van der Waals surface area contributed by atoms with E-state index in [1.54, 1.807) is 0 Å². The van der Waals surface area contributed by atoms with Gasteiger partial charge in [0.05, 0.1) is 12.7 Å². The summed E-state index contributed by atoms with van der Waals surface area (Å²) in [6, 6.07) is 5.96. The lowest BCUT2D eigenvalue weighted by molar-refractivity contribution is -0.0292. The molecule has 0 radical (unpaired) electrons. The third kappa shape index (κ3) is 3.93. The van der Waals surface area contributed by atoms with Gasteiger partial charge in [0.25, 0.3) is 0 Å². The molecule has 1 N–H and O–H groups in total. The van der Waals surface area contributed by atoms with Crippen LogP contribution in [-0.2, 0) is 11.3 Å². The van der Waals surface area contributed by atoms with Crippen molar-refractivity contribution in [2.24, 2.45) is 0 Å². The first kappa shape index (κ1) is 14.3. The van der Waals surface area contributed by atoms with Gasteiger partial charge in [0.15, 0.2) is 0 Å². The minimum Gasteiger partial charge on any atom is -0.374 e. The van der Waals surface area contributed by atoms with Crippen molar-refractivity contribution in [2.75, 3.05) is 33.3 Å². The molecular weight excluding hydrogens is 316 g/mol. The van der Waals surface area contributed by atoms with Crippen LogP contribution in [0.3, 0.4) is 0 Å². The number of likely N-dealkylation sites (N-methyl/N-ethyl adjacent to an activating group) is 1. The largest absolute Gasteiger partial charge is 0.374 e. The van der Waals surface area contributed by atoms with Crippen LogP contribution in [0.4, 0.5) is 0 Å². The number of nitrogens with zero attached hydrogens (tertiary/aromatic N) is 1. The first-order chi connectivity index (χ1) is 8.69. The lowest BCUT2D eigenvalue weighted by Gasteiger charge is -2.33. The second kappa shape index (κ2) is 6.87. The van der Waals surface area contributed by atoms with Gasteiger partial charge in [0.1, 0.15) is 0 Å². The molecule has 1 atom stereocenters. The van der Waals surface area contributed by atoms with Crippen LogP contribution in [0, 0.1) is 0 Å². The Hall–Kier alpha value is -0.130. The number of ether oxygens (including phenoxy) is 1. The Morgan fingerprint density at radius 1 is 1.56 bits per heavy atom. The molecule has 1 heterocycles. The molecule has 0 bridgehead atoms. The van der Waals surface area contributed by atoms with Crippen molar-refractivity contribution in [3.05, 3.63) is 33.3 Å². The summed E-state index contributed by atoms with van der Waals surface area (Å²) in [6.45, 7) is 4.59. The second-order valence-electron chi connectivity index (χ2n) is 4.52. The number of morpholine rings is 1. The van der Waals surface area contributed by atoms with E-state index in [4.69, 9.17) is 16.3 Å². The molecule has 1 fully saturated rings. The Morgan fingerprint density at radius 2 is 2.39 bits per heavy atom. The topological polar surface area (TPSA) is 24.5 Å². The average Bonchev–Trinajstić information content (AvgIpc) is 2.34. The van der Waals surface area contributed by atoms with Gasteiger partial charge in [-0.25, -0.2) is 0 Å². The number of halogens is 2. The van der Waals surface area contributed by atoms with E-state index in [2.05, 4.69) is 32.2 Å². The lowest BCUT2D eigenvalue weighted by Crippen LogP contribution is -2.45. The fourth-order valence-corrected chi connectivity index (χ4v) is 2.97. The molecule has 0 amide bonds. The minimum absolute atomic E-state index is 0.287. The summed E-state index contributed by atoms with van der Waals surface area (Å²) >= 11 is 9.52. The predicted molar refractivity (Wildman–Crippen MR) is 78.1 cm³/mol. The SMILES string of the molecule is CNCC1CN(Cc2ccc(Cl)cc2Br)CCO1. The summed E-state index contributed by atoms with van der Waals surface area (Å²) < 4.78 is 6.77. The molecular formula is C13H18BrClN2O. The first-order valence-electron chi connectivity index (χ1n) is 6.11. The zero-order chi connectivity index (χ0) is 13.0. The number of hydrogen-bond donors (Lipinski definition) is 1. The van der Waals surface area contributed by atoms with Gasteiger partial charge >= 0.3 is 0 Å². The van der Waals surface area contributed by atoms with Crippen LogP contribution in [0.5, 0.6) is 0 Å². The molecule has 1 unspecified atom stereocenters. The maximum atomic E-state index is 5.95. The molecule has 0 spiro atoms. The van der Waals surface area contributed by atoms with Crippen molar-refractivity contribution < 1.29 is 4.74 Å². The molecule has 1 aromatic carbocycles. The molecule has 0 aromatic heterocycles. The van der Waals surface area contributed by atoms with E-state index in [-0.39, 0.29) is 6.10 Å². The summed E-state index contributed by atoms with van der Waals surface area (Å²) in [6.07, 6.45) is 0.287. The first-order valence-corrected chi connectivity index (χ1v) is 7.28. The van der Waals surface area contributed by atoms with Crippen molar-refractivity contribution >= 4 is 27.5 Å². The highest BCUT2D eigenvalue weighted by Gasteiger charge is 2.20. The maximum absolute atomic E-state index is 5.95. The molecule has 0 aliphatic carbocycles. The van der Waals surface area contributed by atoms with E-state index in [0.29, 0.717) is 0 Å². The van der Waals surface area contributed by atoms with Gasteiger partial charge in [-0.1, -0.05) is 33.6 Å². The molecule has 1 aromatic rings. The quantitative estimate of drug-likeness (QED) is 0.916. The Kier molecular flexibility index (Phi) is 5.45. The Labute approximate surface area is 122 Å². The Bertz CT molecular complexity index is 401. The van der Waals surface area contributed by atoms with Gasteiger partial charge in [-0.05, 0) is 24.7 Å². The molecule has 1 saturated heterocycles. The van der Waals surface area contributed by atoms with Crippen molar-refractivity contribution in [3.63, 3.8) is 0 Å². The highest BCUT2D eigenvalue weighted by Crippen LogP contribution is 2.23. The number of rotatable bonds is 4. The van der Waals surface area contributed by atoms with E-state index < -0.39 is 0 Å². The van der Waals surface area contributed by atoms with Crippen molar-refractivity contribution in [3.8, 4) is 0 Å². The van der Waals surface area contributed by atoms with Crippen molar-refractivity contribution in [2.45, 2.75) is 12.6 Å². The van der Waals surface area contributed by atoms with Crippen molar-refractivity contribution in [1.29, 1.82) is 0 Å². The third-order valence-corrected chi connectivity index (χ3v) is 4.04. The fraction of sp³-hybridized carbons (Fsp3) is 0.538. The summed E-state index contributed by atoms with van der Waals surface area (Å²) in [5.41, 5.74) is 1.27. The zero-order valence-corrected chi connectivity index (χ0v) is 12.8. The number of hydrogen-bond acceptors (Lipinski definition) is 3. The monoisotopic (exact) mass is 332 g/mol. The summed E-state index contributed by atoms with van der Waals surface area (Å²) in [4.78, 5) is 2.42. The summed E-state index contributed by atoms with van der Waals surface area (Å²) in [7, 11) is 1.96. The fourth-order valence-electron chi connectivity index (χ4n) is 2.17. The van der Waals surface area contributed by atoms with E-state index in [0.717, 1.165) is 42.3 Å². The minimum atomic E-state index is 0.287. The van der Waals surface area contributed by atoms with Crippen molar-refractivity contribution in [1.82, 2.24) is 10.2 Å². The smallest absolute Gasteiger partial charge is 0.0826 e. The van der Waals surface area contributed by atoms with Crippen LogP contribution in [0.15, 0.2) is 22.7 Å². The summed E-state index contributed by atoms with van der Waals surface area (Å²) in [5, 5.41) is 3.93. The van der Waals surface area contributed by atoms with Gasteiger partial charge in [0.2, 0.25) is 0 Å². The Morgan fingerprint density at radius 3 is 3.11 bits per heavy atom. The van der Waals surface area contributed by atoms with Crippen LogP contribution in [0.25, 0.3) is 0 Å². The molecule has 1 aliphatic rings. The van der Waals surface area contributed by atoms with Crippen LogP contribution >= 0.6 is 27.5 Å². The standard InChI is InChI=1S/C13H18BrClN2O/c1-16-7-12-9-17(4-5-18-12)8-10-2-3-11(15)6-13(10)14/h2-3,6,12,16H,4-5,7-9H2,1H3. The van der Waals surface area contributed by atoms with Crippen LogP contribution in [0.1, 0.15) is 5.56 Å². The Balaban J connectivity index is 1.96. The van der Waals surface area contributed by atoms with E-state index in [1.807, 2.05) is 19.2 Å². The molecule has 5 heteroatoms. The van der Waals surface area contributed by atoms with Gasteiger partial charge in [-0.2, -0.15) is 0 Å². The van der Waals surface area contributed by atoms with Gasteiger partial charge in [-0.3, -0.25) is 4.90 Å². The lowest BCUT2D eigenvalue weighted by atomic mass is 10.2. The second-order valence-corrected chi connectivity index (χ2v) is 5.81. The molecule has 1 aliphatic heterocycles. The highest BCUT2D eigenvalue weighted by atomic mass is 79.9.